The summed E-state index contributed by atoms with van der Waals surface area (Å²) in [4.78, 5) is 2.11. The van der Waals surface area contributed by atoms with Crippen LogP contribution in [0.4, 0.5) is 0 Å². The minimum absolute atomic E-state index is 0.0189. The van der Waals surface area contributed by atoms with Gasteiger partial charge < -0.3 is 20.5 Å². The van der Waals surface area contributed by atoms with Gasteiger partial charge >= 0.3 is 0 Å². The zero-order chi connectivity index (χ0) is 13.7. The number of ether oxygens (including phenoxy) is 1. The fourth-order valence-electron chi connectivity index (χ4n) is 2.29. The maximum Gasteiger partial charge on any atom is 0.124 e. The van der Waals surface area contributed by atoms with Crippen LogP contribution >= 0.6 is 0 Å². The molecular formula is C14H24N2O2. The highest BCUT2D eigenvalue weighted by molar-refractivity contribution is 5.43. The van der Waals surface area contributed by atoms with Gasteiger partial charge in [-0.3, -0.25) is 0 Å². The number of nitrogens with two attached hydrogens (primary N) is 1. The predicted molar refractivity (Wildman–Crippen MR) is 73.9 cm³/mol. The summed E-state index contributed by atoms with van der Waals surface area (Å²) in [6, 6.07) is 4.08. The predicted octanol–water partition coefficient (Wildman–Crippen LogP) is 1.06. The van der Waals surface area contributed by atoms with E-state index in [4.69, 9.17) is 15.6 Å². The van der Waals surface area contributed by atoms with Crippen LogP contribution in [0.25, 0.3) is 0 Å². The Hall–Kier alpha value is -1.10. The molecule has 0 amide bonds. The lowest BCUT2D eigenvalue weighted by Gasteiger charge is -2.21. The molecule has 0 radical (unpaired) electrons. The summed E-state index contributed by atoms with van der Waals surface area (Å²) in [6.07, 6.45) is 0. The Morgan fingerprint density at radius 3 is 2.33 bits per heavy atom. The van der Waals surface area contributed by atoms with E-state index in [2.05, 4.69) is 30.9 Å². The quantitative estimate of drug-likeness (QED) is 0.795. The Balaban J connectivity index is 2.73. The molecule has 3 N–H and O–H groups in total. The average molecular weight is 252 g/mol. The van der Waals surface area contributed by atoms with Crippen LogP contribution in [0.15, 0.2) is 12.1 Å². The van der Waals surface area contributed by atoms with Gasteiger partial charge in [0.25, 0.3) is 0 Å². The van der Waals surface area contributed by atoms with Crippen molar-refractivity contribution >= 4 is 0 Å². The van der Waals surface area contributed by atoms with Crippen LogP contribution < -0.4 is 10.5 Å². The fourth-order valence-corrected chi connectivity index (χ4v) is 2.29. The molecule has 1 aromatic carbocycles. The van der Waals surface area contributed by atoms with Crippen LogP contribution in [-0.2, 0) is 6.54 Å². The lowest BCUT2D eigenvalue weighted by atomic mass is 10.1. The largest absolute Gasteiger partial charge is 0.496 e. The van der Waals surface area contributed by atoms with Crippen LogP contribution in [0.2, 0.25) is 0 Å². The van der Waals surface area contributed by atoms with E-state index in [1.54, 1.807) is 7.11 Å². The highest BCUT2D eigenvalue weighted by Gasteiger charge is 2.09. The molecule has 0 heterocycles. The first-order valence-electron chi connectivity index (χ1n) is 6.17. The van der Waals surface area contributed by atoms with Gasteiger partial charge in [0.1, 0.15) is 5.75 Å². The van der Waals surface area contributed by atoms with Crippen molar-refractivity contribution in [1.82, 2.24) is 4.90 Å². The van der Waals surface area contributed by atoms with Crippen molar-refractivity contribution in [1.29, 1.82) is 0 Å². The first-order valence-corrected chi connectivity index (χ1v) is 6.17. The molecule has 1 aromatic rings. The van der Waals surface area contributed by atoms with Gasteiger partial charge in [0.15, 0.2) is 0 Å². The molecule has 0 aliphatic rings. The molecule has 0 fully saturated rings. The molecule has 4 heteroatoms. The molecule has 0 aliphatic heterocycles. The molecule has 0 bridgehead atoms. The number of aryl methyl sites for hydroxylation is 2. The number of likely N-dealkylation sites (N-methyl/N-ethyl adjacent to an activating group) is 1. The number of hydrogen-bond acceptors (Lipinski definition) is 4. The zero-order valence-electron chi connectivity index (χ0n) is 11.7. The minimum atomic E-state index is -0.185. The second-order valence-corrected chi connectivity index (χ2v) is 4.90. The highest BCUT2D eigenvalue weighted by atomic mass is 16.5. The third-order valence-electron chi connectivity index (χ3n) is 2.96. The molecule has 0 spiro atoms. The molecule has 102 valence electrons. The molecule has 1 rings (SSSR count). The first kappa shape index (κ1) is 15.0. The summed E-state index contributed by atoms with van der Waals surface area (Å²) in [5.41, 5.74) is 9.25. The van der Waals surface area contributed by atoms with Gasteiger partial charge in [-0.25, -0.2) is 0 Å². The molecule has 0 aliphatic carbocycles. The summed E-state index contributed by atoms with van der Waals surface area (Å²) in [7, 11) is 3.70. The van der Waals surface area contributed by atoms with E-state index in [9.17, 15) is 0 Å². The van der Waals surface area contributed by atoms with Gasteiger partial charge in [-0.05, 0) is 37.6 Å². The van der Waals surface area contributed by atoms with E-state index in [1.165, 1.54) is 5.56 Å². The summed E-state index contributed by atoms with van der Waals surface area (Å²) >= 11 is 0. The van der Waals surface area contributed by atoms with E-state index in [-0.39, 0.29) is 12.6 Å². The van der Waals surface area contributed by atoms with Crippen molar-refractivity contribution in [2.75, 3.05) is 27.3 Å². The molecule has 0 aromatic heterocycles. The van der Waals surface area contributed by atoms with E-state index in [1.807, 2.05) is 7.05 Å². The number of methoxy groups -OCH3 is 1. The van der Waals surface area contributed by atoms with Crippen molar-refractivity contribution in [2.24, 2.45) is 5.73 Å². The average Bonchev–Trinajstić information content (AvgIpc) is 2.28. The fraction of sp³-hybridized carbons (Fsp3) is 0.571. The third kappa shape index (κ3) is 3.98. The lowest BCUT2D eigenvalue weighted by molar-refractivity contribution is 0.218. The number of nitrogens with zero attached hydrogens (tertiary/aromatic N) is 1. The number of benzene rings is 1. The molecule has 1 unspecified atom stereocenters. The zero-order valence-corrected chi connectivity index (χ0v) is 11.7. The van der Waals surface area contributed by atoms with E-state index in [0.717, 1.165) is 23.4 Å². The molecule has 1 atom stereocenters. The SMILES string of the molecule is COc1c(C)cc(CN(C)CC(N)CO)cc1C. The maximum atomic E-state index is 8.94. The molecule has 4 nitrogen and oxygen atoms in total. The van der Waals surface area contributed by atoms with Crippen LogP contribution in [0.3, 0.4) is 0 Å². The van der Waals surface area contributed by atoms with Crippen molar-refractivity contribution in [3.05, 3.63) is 28.8 Å². The van der Waals surface area contributed by atoms with Crippen molar-refractivity contribution in [2.45, 2.75) is 26.4 Å². The number of hydrogen-bond donors (Lipinski definition) is 2. The number of aliphatic hydroxyl groups excluding tert-OH is 1. The second kappa shape index (κ2) is 6.73. The number of aliphatic hydroxyl groups is 1. The monoisotopic (exact) mass is 252 g/mol. The number of rotatable bonds is 6. The molecule has 18 heavy (non-hydrogen) atoms. The van der Waals surface area contributed by atoms with Gasteiger partial charge in [0.2, 0.25) is 0 Å². The highest BCUT2D eigenvalue weighted by Crippen LogP contribution is 2.24. The van der Waals surface area contributed by atoms with Crippen LogP contribution in [0.1, 0.15) is 16.7 Å². The van der Waals surface area contributed by atoms with Gasteiger partial charge in [-0.2, -0.15) is 0 Å². The Morgan fingerprint density at radius 1 is 1.33 bits per heavy atom. The Kier molecular flexibility index (Phi) is 5.59. The third-order valence-corrected chi connectivity index (χ3v) is 2.96. The van der Waals surface area contributed by atoms with Gasteiger partial charge in [-0.15, -0.1) is 0 Å². The summed E-state index contributed by atoms with van der Waals surface area (Å²) in [5, 5.41) is 8.94. The normalized spacial score (nSPS) is 12.8. The Bertz CT molecular complexity index is 370. The maximum absolute atomic E-state index is 8.94. The first-order chi connectivity index (χ1) is 8.47. The summed E-state index contributed by atoms with van der Waals surface area (Å²) in [5.74, 6) is 0.952. The second-order valence-electron chi connectivity index (χ2n) is 4.90. The topological polar surface area (TPSA) is 58.7 Å². The Morgan fingerprint density at radius 2 is 1.89 bits per heavy atom. The van der Waals surface area contributed by atoms with Crippen molar-refractivity contribution in [3.63, 3.8) is 0 Å². The molecular weight excluding hydrogens is 228 g/mol. The standard InChI is InChI=1S/C14H24N2O2/c1-10-5-12(6-11(2)14(10)18-4)7-16(3)8-13(15)9-17/h5-6,13,17H,7-9,15H2,1-4H3. The molecule has 0 saturated carbocycles. The van der Waals surface area contributed by atoms with Crippen LogP contribution in [-0.4, -0.2) is 43.4 Å². The minimum Gasteiger partial charge on any atom is -0.496 e. The van der Waals surface area contributed by atoms with Gasteiger partial charge in [0, 0.05) is 19.1 Å². The Labute approximate surface area is 109 Å². The van der Waals surface area contributed by atoms with E-state index < -0.39 is 0 Å². The van der Waals surface area contributed by atoms with Gasteiger partial charge in [0.05, 0.1) is 13.7 Å². The molecule has 0 saturated heterocycles. The van der Waals surface area contributed by atoms with Gasteiger partial charge in [-0.1, -0.05) is 12.1 Å². The lowest BCUT2D eigenvalue weighted by Crippen LogP contribution is -2.37. The smallest absolute Gasteiger partial charge is 0.124 e. The van der Waals surface area contributed by atoms with Crippen LogP contribution in [0, 0.1) is 13.8 Å². The van der Waals surface area contributed by atoms with Crippen LogP contribution in [0.5, 0.6) is 5.75 Å². The summed E-state index contributed by atoms with van der Waals surface area (Å²) < 4.78 is 5.35. The van der Waals surface area contributed by atoms with E-state index in [0.29, 0.717) is 6.54 Å². The summed E-state index contributed by atoms with van der Waals surface area (Å²) in [6.45, 7) is 5.62. The van der Waals surface area contributed by atoms with E-state index >= 15 is 0 Å². The van der Waals surface area contributed by atoms with Crippen molar-refractivity contribution < 1.29 is 9.84 Å². The van der Waals surface area contributed by atoms with Crippen molar-refractivity contribution in [3.8, 4) is 5.75 Å².